The molecule has 10 aromatic heterocycles. The molecule has 448 valence electrons. The van der Waals surface area contributed by atoms with Crippen LogP contribution in [-0.4, -0.2) is 49.0 Å². The smallest absolute Gasteiger partial charge is 0.146 e. The molecule has 0 amide bonds. The molecule has 10 heteroatoms. The van der Waals surface area contributed by atoms with Crippen LogP contribution >= 0.6 is 0 Å². The van der Waals surface area contributed by atoms with Gasteiger partial charge in [-0.3, -0.25) is 19.1 Å². The Kier molecular flexibility index (Phi) is 13.6. The number of hydrogen-bond acceptors (Lipinski definition) is 8. The standard InChI is InChI=1S/C46H29N5.C40H25N5/c1-2-12-30(13-3-1)40-20-10-21-41(49-40)43-28-33(39-26-31-14-4-5-15-34(31)35-16-6-7-17-36(35)39)27-42(50-43)32-23-24-45(48-29-32)51-44-22-9-8-18-37(44)38-19-11-25-47-46(38)51;1-2-10-29-26(9-1)21-33(31-12-4-3-11-30(29)31)28-22-36(44-37(23-28)35-14-7-8-19-42-35)27-16-17-40(43-24-27)45-38-15-6-5-13-32(38)34-25-41-20-18-39(34)45/h1-29H;1-25H. The monoisotopic (exact) mass is 1230 g/mol. The van der Waals surface area contributed by atoms with Crippen molar-refractivity contribution in [2.24, 2.45) is 0 Å². The van der Waals surface area contributed by atoms with Crippen molar-refractivity contribution >= 4 is 86.8 Å². The van der Waals surface area contributed by atoms with E-state index in [9.17, 15) is 0 Å². The highest BCUT2D eigenvalue weighted by molar-refractivity contribution is 6.16. The summed E-state index contributed by atoms with van der Waals surface area (Å²) in [5.41, 5.74) is 17.3. The minimum absolute atomic E-state index is 0.799. The summed E-state index contributed by atoms with van der Waals surface area (Å²) in [5, 5.41) is 14.3. The van der Waals surface area contributed by atoms with Crippen molar-refractivity contribution in [1.82, 2.24) is 49.0 Å². The fourth-order valence-corrected chi connectivity index (χ4v) is 13.8. The van der Waals surface area contributed by atoms with E-state index in [4.69, 9.17) is 29.9 Å². The van der Waals surface area contributed by atoms with Gasteiger partial charge in [-0.05, 0) is 181 Å². The first kappa shape index (κ1) is 55.6. The molecule has 0 spiro atoms. The van der Waals surface area contributed by atoms with E-state index in [0.29, 0.717) is 0 Å². The Balaban J connectivity index is 0.000000141. The molecule has 19 aromatic rings. The average molecular weight is 1230 g/mol. The first-order valence-corrected chi connectivity index (χ1v) is 32.0. The number of benzene rings is 9. The third-order valence-corrected chi connectivity index (χ3v) is 18.3. The van der Waals surface area contributed by atoms with Crippen molar-refractivity contribution in [2.75, 3.05) is 0 Å². The second kappa shape index (κ2) is 23.5. The first-order chi connectivity index (χ1) is 47.6. The zero-order valence-electron chi connectivity index (χ0n) is 51.6. The van der Waals surface area contributed by atoms with Crippen molar-refractivity contribution in [3.8, 4) is 90.4 Å². The molecule has 0 unspecified atom stereocenters. The first-order valence-electron chi connectivity index (χ1n) is 32.0. The van der Waals surface area contributed by atoms with Gasteiger partial charge in [0.1, 0.15) is 17.3 Å². The van der Waals surface area contributed by atoms with Gasteiger partial charge in [0.25, 0.3) is 0 Å². The van der Waals surface area contributed by atoms with Crippen LogP contribution in [0, 0.1) is 0 Å². The van der Waals surface area contributed by atoms with E-state index >= 15 is 0 Å². The lowest BCUT2D eigenvalue weighted by molar-refractivity contribution is 1.06. The van der Waals surface area contributed by atoms with E-state index in [1.807, 2.05) is 97.8 Å². The van der Waals surface area contributed by atoms with Crippen LogP contribution in [-0.2, 0) is 0 Å². The highest BCUT2D eigenvalue weighted by Gasteiger charge is 2.20. The van der Waals surface area contributed by atoms with E-state index in [0.717, 1.165) is 134 Å². The molecule has 10 heterocycles. The summed E-state index contributed by atoms with van der Waals surface area (Å²) in [6, 6.07) is 101. The van der Waals surface area contributed by atoms with Crippen molar-refractivity contribution < 1.29 is 0 Å². The van der Waals surface area contributed by atoms with Crippen LogP contribution in [0.4, 0.5) is 0 Å². The van der Waals surface area contributed by atoms with Crippen molar-refractivity contribution in [3.05, 3.63) is 328 Å². The van der Waals surface area contributed by atoms with Gasteiger partial charge in [0.05, 0.1) is 56.4 Å². The predicted octanol–water partition coefficient (Wildman–Crippen LogP) is 21.0. The van der Waals surface area contributed by atoms with Crippen LogP contribution in [0.2, 0.25) is 0 Å². The molecular weight excluding hydrogens is 1170 g/mol. The molecule has 0 aliphatic heterocycles. The lowest BCUT2D eigenvalue weighted by Gasteiger charge is -2.14. The Labute approximate surface area is 551 Å². The Hall–Kier alpha value is -13.2. The number of hydrogen-bond donors (Lipinski definition) is 0. The predicted molar refractivity (Wildman–Crippen MR) is 392 cm³/mol. The highest BCUT2D eigenvalue weighted by atomic mass is 15.1. The summed E-state index contributed by atoms with van der Waals surface area (Å²) in [7, 11) is 0. The van der Waals surface area contributed by atoms with Gasteiger partial charge in [0.2, 0.25) is 0 Å². The summed E-state index contributed by atoms with van der Waals surface area (Å²) in [6.45, 7) is 0. The summed E-state index contributed by atoms with van der Waals surface area (Å²) in [6.07, 6.45) is 11.2. The number of pyridine rings is 8. The molecule has 0 atom stereocenters. The minimum Gasteiger partial charge on any atom is -0.294 e. The third-order valence-electron chi connectivity index (χ3n) is 18.3. The fraction of sp³-hybridized carbons (Fsp3) is 0. The van der Waals surface area contributed by atoms with Crippen LogP contribution in [0.3, 0.4) is 0 Å². The lowest BCUT2D eigenvalue weighted by Crippen LogP contribution is -1.99. The second-order valence-electron chi connectivity index (χ2n) is 23.9. The Morgan fingerprint density at radius 2 is 0.688 bits per heavy atom. The molecular formula is C86H54N10. The molecule has 10 nitrogen and oxygen atoms in total. The maximum Gasteiger partial charge on any atom is 0.146 e. The molecule has 19 rings (SSSR count). The molecule has 9 aromatic carbocycles. The van der Waals surface area contributed by atoms with Gasteiger partial charge in [-0.25, -0.2) is 29.9 Å². The van der Waals surface area contributed by atoms with E-state index in [1.165, 1.54) is 43.1 Å². The van der Waals surface area contributed by atoms with Gasteiger partial charge in [-0.2, -0.15) is 0 Å². The molecule has 0 saturated carbocycles. The van der Waals surface area contributed by atoms with E-state index in [-0.39, 0.29) is 0 Å². The van der Waals surface area contributed by atoms with E-state index in [1.54, 1.807) is 0 Å². The van der Waals surface area contributed by atoms with E-state index < -0.39 is 0 Å². The summed E-state index contributed by atoms with van der Waals surface area (Å²) in [5.74, 6) is 1.65. The van der Waals surface area contributed by atoms with Crippen molar-refractivity contribution in [3.63, 3.8) is 0 Å². The van der Waals surface area contributed by atoms with Crippen molar-refractivity contribution in [1.29, 1.82) is 0 Å². The van der Waals surface area contributed by atoms with Gasteiger partial charge in [0, 0.05) is 75.4 Å². The van der Waals surface area contributed by atoms with Gasteiger partial charge in [-0.1, -0.05) is 176 Å². The molecule has 0 bridgehead atoms. The number of para-hydroxylation sites is 2. The Morgan fingerprint density at radius 1 is 0.219 bits per heavy atom. The fourth-order valence-electron chi connectivity index (χ4n) is 13.8. The van der Waals surface area contributed by atoms with Crippen LogP contribution in [0.25, 0.3) is 177 Å². The van der Waals surface area contributed by atoms with Crippen LogP contribution in [0.5, 0.6) is 0 Å². The number of aromatic nitrogens is 10. The number of rotatable bonds is 9. The Morgan fingerprint density at radius 3 is 1.30 bits per heavy atom. The minimum atomic E-state index is 0.799. The van der Waals surface area contributed by atoms with Crippen LogP contribution < -0.4 is 0 Å². The van der Waals surface area contributed by atoms with E-state index in [2.05, 4.69) is 250 Å². The quantitative estimate of drug-likeness (QED) is 0.131. The van der Waals surface area contributed by atoms with Gasteiger partial charge < -0.3 is 0 Å². The zero-order chi connectivity index (χ0) is 63.5. The summed E-state index contributed by atoms with van der Waals surface area (Å²) < 4.78 is 4.32. The molecule has 0 fully saturated rings. The second-order valence-corrected chi connectivity index (χ2v) is 23.9. The van der Waals surface area contributed by atoms with Gasteiger partial charge in [0.15, 0.2) is 0 Å². The molecule has 0 aliphatic carbocycles. The van der Waals surface area contributed by atoms with Crippen LogP contribution in [0.15, 0.2) is 328 Å². The maximum absolute atomic E-state index is 5.25. The molecule has 96 heavy (non-hydrogen) atoms. The SMILES string of the molecule is c1ccc(-c2cc(-c3cc4ccccc4c4ccccc34)cc(-c3ccc(-n4c5ccccc5c5cnccc54)nc3)n2)nc1.c1ccc(-c2cccc(-c3cc(-c4cc5ccccc5c5ccccc45)cc(-c4ccc(-n5c6ccccc6c6cccnc65)nc4)n3)n2)cc1. The third kappa shape index (κ3) is 9.83. The average Bonchev–Trinajstić information content (AvgIpc) is 1.28. The largest absolute Gasteiger partial charge is 0.294 e. The molecule has 0 N–H and O–H groups in total. The molecule has 0 saturated heterocycles. The van der Waals surface area contributed by atoms with Crippen LogP contribution in [0.1, 0.15) is 0 Å². The van der Waals surface area contributed by atoms with Crippen molar-refractivity contribution in [2.45, 2.75) is 0 Å². The summed E-state index contributed by atoms with van der Waals surface area (Å²) in [4.78, 5) is 39.2. The Bertz CT molecular complexity index is 6100. The van der Waals surface area contributed by atoms with Gasteiger partial charge >= 0.3 is 0 Å². The normalized spacial score (nSPS) is 11.5. The molecule has 0 aliphatic rings. The molecule has 0 radical (unpaired) electrons. The zero-order valence-corrected chi connectivity index (χ0v) is 51.6. The number of fused-ring (bicyclic) bond motifs is 12. The lowest BCUT2D eigenvalue weighted by atomic mass is 9.92. The summed E-state index contributed by atoms with van der Waals surface area (Å²) >= 11 is 0. The maximum atomic E-state index is 5.25. The topological polar surface area (TPSA) is 113 Å². The number of nitrogens with zero attached hydrogens (tertiary/aromatic N) is 10. The van der Waals surface area contributed by atoms with Gasteiger partial charge in [-0.15, -0.1) is 0 Å². The highest BCUT2D eigenvalue weighted by Crippen LogP contribution is 2.41.